The van der Waals surface area contributed by atoms with Crippen molar-refractivity contribution < 1.29 is 29.9 Å². The SMILES string of the molecule is CCCC(N)C(=O)NC(C)C(N)=O.CC[PH](=O)O.CC[PH](=O)[O-].[H+]. The number of nitrogens with two attached hydrogens (primary N) is 2. The zero-order valence-corrected chi connectivity index (χ0v) is 16.1. The van der Waals surface area contributed by atoms with Crippen LogP contribution in [0, 0.1) is 0 Å². The molecule has 4 unspecified atom stereocenters. The third-order valence-electron chi connectivity index (χ3n) is 2.31. The van der Waals surface area contributed by atoms with Gasteiger partial charge in [0.2, 0.25) is 11.8 Å². The topological polar surface area (TPSA) is 176 Å². The molecule has 0 saturated carbocycles. The molecule has 0 aromatic carbocycles. The molecule has 0 aromatic heterocycles. The van der Waals surface area contributed by atoms with Gasteiger partial charge in [0.25, 0.3) is 0 Å². The van der Waals surface area contributed by atoms with Crippen molar-refractivity contribution in [3.05, 3.63) is 0 Å². The van der Waals surface area contributed by atoms with Crippen LogP contribution >= 0.6 is 16.1 Å². The Hall–Kier alpha value is -0.720. The minimum absolute atomic E-state index is 0. The molecule has 0 bridgehead atoms. The fraction of sp³-hybridized carbons (Fsp3) is 0.833. The highest BCUT2D eigenvalue weighted by atomic mass is 31.1. The standard InChI is InChI=1S/C8H17N3O2.2C2H7O2P/c1-3-4-6(9)8(13)11-5(2)7(10)12;2*1-2-5(3)4/h5-6H,3-4,9H2,1-2H3,(H2,10,12)(H,11,13);2*5H,2H2,1H3,(H,3,4). The third-order valence-corrected chi connectivity index (χ3v) is 3.50. The first-order valence-electron chi connectivity index (χ1n) is 7.30. The van der Waals surface area contributed by atoms with E-state index in [1.54, 1.807) is 13.8 Å². The van der Waals surface area contributed by atoms with Gasteiger partial charge in [-0.25, -0.2) is 0 Å². The maximum absolute atomic E-state index is 11.2. The van der Waals surface area contributed by atoms with Gasteiger partial charge in [-0.3, -0.25) is 14.2 Å². The molecule has 4 atom stereocenters. The molecule has 0 saturated heterocycles. The van der Waals surface area contributed by atoms with Crippen LogP contribution in [0.15, 0.2) is 0 Å². The molecule has 2 amide bonds. The van der Waals surface area contributed by atoms with Gasteiger partial charge in [0.15, 0.2) is 8.03 Å². The van der Waals surface area contributed by atoms with Crippen LogP contribution in [0.3, 0.4) is 0 Å². The number of amides is 2. The summed E-state index contributed by atoms with van der Waals surface area (Å²) in [5, 5.41) is 2.43. The monoisotopic (exact) mass is 375 g/mol. The molecule has 11 heteroatoms. The number of nitrogens with one attached hydrogen (secondary N) is 1. The Bertz CT molecular complexity index is 374. The molecule has 23 heavy (non-hydrogen) atoms. The predicted octanol–water partition coefficient (Wildman–Crippen LogP) is -0.469. The van der Waals surface area contributed by atoms with Crippen molar-refractivity contribution in [2.75, 3.05) is 12.3 Å². The molecule has 0 aliphatic heterocycles. The maximum Gasteiger partial charge on any atom is 1.00 e. The minimum atomic E-state index is -2.37. The summed E-state index contributed by atoms with van der Waals surface area (Å²) in [7, 11) is -4.50. The number of carbonyl (C=O) groups is 2. The largest absolute Gasteiger partial charge is 1.00 e. The first-order chi connectivity index (χ1) is 10.5. The summed E-state index contributed by atoms with van der Waals surface area (Å²) >= 11 is 0. The van der Waals surface area contributed by atoms with E-state index in [1.807, 2.05) is 6.92 Å². The average molecular weight is 375 g/mol. The Morgan fingerprint density at radius 2 is 1.65 bits per heavy atom. The molecular formula is C12H31N3O6P2. The second-order valence-corrected chi connectivity index (χ2v) is 7.45. The smallest absolute Gasteiger partial charge is 0.802 e. The van der Waals surface area contributed by atoms with Crippen molar-refractivity contribution in [1.82, 2.24) is 5.32 Å². The Morgan fingerprint density at radius 3 is 1.87 bits per heavy atom. The lowest BCUT2D eigenvalue weighted by atomic mass is 10.1. The van der Waals surface area contributed by atoms with E-state index in [-0.39, 0.29) is 7.33 Å². The van der Waals surface area contributed by atoms with E-state index in [0.717, 1.165) is 6.42 Å². The van der Waals surface area contributed by atoms with Gasteiger partial charge < -0.3 is 31.1 Å². The molecular weight excluding hydrogens is 344 g/mol. The number of hydrogen-bond donors (Lipinski definition) is 4. The highest BCUT2D eigenvalue weighted by Gasteiger charge is 2.16. The summed E-state index contributed by atoms with van der Waals surface area (Å²) in [6.45, 7) is 6.76. The predicted molar refractivity (Wildman–Crippen MR) is 92.1 cm³/mol. The van der Waals surface area contributed by atoms with Crippen LogP contribution in [0.1, 0.15) is 42.0 Å². The van der Waals surface area contributed by atoms with Crippen LogP contribution in [0.5, 0.6) is 0 Å². The van der Waals surface area contributed by atoms with Gasteiger partial charge >= 0.3 is 1.43 Å². The third kappa shape index (κ3) is 23.7. The van der Waals surface area contributed by atoms with Crippen molar-refractivity contribution in [2.24, 2.45) is 11.5 Å². The number of primary amides is 1. The van der Waals surface area contributed by atoms with E-state index in [1.165, 1.54) is 6.92 Å². The Balaban J connectivity index is -0.000000151. The van der Waals surface area contributed by atoms with E-state index >= 15 is 0 Å². The van der Waals surface area contributed by atoms with Gasteiger partial charge in [-0.1, -0.05) is 27.2 Å². The molecule has 0 radical (unpaired) electrons. The highest BCUT2D eigenvalue weighted by molar-refractivity contribution is 7.37. The van der Waals surface area contributed by atoms with Crippen molar-refractivity contribution in [2.45, 2.75) is 52.6 Å². The Labute approximate surface area is 140 Å². The molecule has 0 fully saturated rings. The lowest BCUT2D eigenvalue weighted by Gasteiger charge is -2.14. The Kier molecular flexibility index (Phi) is 20.8. The number of rotatable bonds is 7. The van der Waals surface area contributed by atoms with Gasteiger partial charge in [0.1, 0.15) is 6.04 Å². The Morgan fingerprint density at radius 1 is 1.26 bits per heavy atom. The van der Waals surface area contributed by atoms with Crippen LogP contribution < -0.4 is 21.7 Å². The molecule has 0 aliphatic rings. The first-order valence-corrected chi connectivity index (χ1v) is 10.4. The second kappa shape index (κ2) is 17.6. The van der Waals surface area contributed by atoms with E-state index in [2.05, 4.69) is 5.32 Å². The fourth-order valence-electron chi connectivity index (χ4n) is 0.834. The fourth-order valence-corrected chi connectivity index (χ4v) is 0.834. The molecule has 0 aromatic rings. The summed E-state index contributed by atoms with van der Waals surface area (Å²) in [6, 6.07) is -1.21. The van der Waals surface area contributed by atoms with Gasteiger partial charge in [-0.05, 0) is 19.5 Å². The van der Waals surface area contributed by atoms with E-state index in [9.17, 15) is 23.6 Å². The average Bonchev–Trinajstić information content (AvgIpc) is 2.48. The van der Waals surface area contributed by atoms with Crippen LogP contribution in [-0.2, 0) is 18.7 Å². The zero-order valence-electron chi connectivity index (χ0n) is 15.1. The molecule has 140 valence electrons. The minimum Gasteiger partial charge on any atom is -0.802 e. The number of carbonyl (C=O) groups excluding carboxylic acids is 2. The molecule has 0 heterocycles. The van der Waals surface area contributed by atoms with Gasteiger partial charge in [0.05, 0.1) is 6.04 Å². The van der Waals surface area contributed by atoms with Crippen LogP contribution in [0.4, 0.5) is 0 Å². The van der Waals surface area contributed by atoms with Crippen molar-refractivity contribution in [3.8, 4) is 0 Å². The van der Waals surface area contributed by atoms with Crippen LogP contribution in [0.2, 0.25) is 0 Å². The molecule has 0 rings (SSSR count). The zero-order chi connectivity index (χ0) is 19.0. The van der Waals surface area contributed by atoms with E-state index in [0.29, 0.717) is 18.7 Å². The second-order valence-electron chi connectivity index (χ2n) is 4.50. The summed E-state index contributed by atoms with van der Waals surface area (Å²) in [4.78, 5) is 39.1. The van der Waals surface area contributed by atoms with Crippen LogP contribution in [0.25, 0.3) is 0 Å². The molecule has 0 aliphatic carbocycles. The summed E-state index contributed by atoms with van der Waals surface area (Å²) in [5.41, 5.74) is 10.5. The molecule has 9 nitrogen and oxygen atoms in total. The van der Waals surface area contributed by atoms with Crippen molar-refractivity contribution in [1.29, 1.82) is 0 Å². The summed E-state index contributed by atoms with van der Waals surface area (Å²) in [6.07, 6.45) is 2.15. The van der Waals surface area contributed by atoms with E-state index in [4.69, 9.17) is 16.4 Å². The molecule has 0 spiro atoms. The van der Waals surface area contributed by atoms with Gasteiger partial charge in [0, 0.05) is 14.2 Å². The summed E-state index contributed by atoms with van der Waals surface area (Å²) in [5.74, 6) is -0.884. The summed E-state index contributed by atoms with van der Waals surface area (Å²) < 4.78 is 19.0. The lowest BCUT2D eigenvalue weighted by Crippen LogP contribution is -2.48. The van der Waals surface area contributed by atoms with Gasteiger partial charge in [-0.15, -0.1) is 0 Å². The maximum atomic E-state index is 11.2. The lowest BCUT2D eigenvalue weighted by molar-refractivity contribution is -0.164. The normalized spacial score (nSPS) is 14.7. The first kappa shape index (κ1) is 27.1. The van der Waals surface area contributed by atoms with E-state index < -0.39 is 34.0 Å². The van der Waals surface area contributed by atoms with Crippen molar-refractivity contribution in [3.63, 3.8) is 0 Å². The number of hydrogen-bond acceptors (Lipinski definition) is 6. The molecule has 6 N–H and O–H groups in total. The highest BCUT2D eigenvalue weighted by Crippen LogP contribution is 2.08. The van der Waals surface area contributed by atoms with Crippen molar-refractivity contribution >= 4 is 27.9 Å². The van der Waals surface area contributed by atoms with Gasteiger partial charge in [-0.2, -0.15) is 0 Å². The van der Waals surface area contributed by atoms with Crippen LogP contribution in [-0.4, -0.2) is 41.1 Å². The quantitative estimate of drug-likeness (QED) is 0.435.